The number of aryl methyl sites for hydroxylation is 1. The summed E-state index contributed by atoms with van der Waals surface area (Å²) in [7, 11) is 1.52. The number of furan rings is 1. The molecule has 3 aromatic heterocycles. The standard InChI is InChI=1S/C28H24BrClN4O5S2/c1-13(2)38-25(36)22-15(4)33-28-34(23(22)18-10-16(30)6-7-20(18)37-5)24(35)21(40-28)12-17-11-19(29)26(39-17)41-27-31-9-8-14(3)32-27/h6-13,23H,1-5H3/b21-12-/t23-/m0/s1. The minimum atomic E-state index is -0.874. The number of benzene rings is 1. The number of aromatic nitrogens is 3. The van der Waals surface area contributed by atoms with Crippen molar-refractivity contribution in [2.24, 2.45) is 4.99 Å². The molecule has 1 aliphatic heterocycles. The molecule has 5 rings (SSSR count). The molecular weight excluding hydrogens is 652 g/mol. The van der Waals surface area contributed by atoms with E-state index in [2.05, 4.69) is 30.9 Å². The van der Waals surface area contributed by atoms with Gasteiger partial charge in [0.1, 0.15) is 17.6 Å². The number of thiazole rings is 1. The maximum Gasteiger partial charge on any atom is 0.338 e. The number of nitrogens with zero attached hydrogens (tertiary/aromatic N) is 4. The minimum Gasteiger partial charge on any atom is -0.496 e. The smallest absolute Gasteiger partial charge is 0.338 e. The summed E-state index contributed by atoms with van der Waals surface area (Å²) >= 11 is 12.3. The summed E-state index contributed by atoms with van der Waals surface area (Å²) in [5.74, 6) is 0.343. The van der Waals surface area contributed by atoms with Crippen LogP contribution in [0.3, 0.4) is 0 Å². The lowest BCUT2D eigenvalue weighted by atomic mass is 9.95. The zero-order chi connectivity index (χ0) is 29.4. The first-order valence-corrected chi connectivity index (χ1v) is 15.2. The van der Waals surface area contributed by atoms with Gasteiger partial charge in [-0.15, -0.1) is 0 Å². The molecule has 1 aromatic carbocycles. The fraction of sp³-hybridized carbons (Fsp3) is 0.250. The average molecular weight is 676 g/mol. The first-order chi connectivity index (χ1) is 19.5. The highest BCUT2D eigenvalue weighted by atomic mass is 79.9. The van der Waals surface area contributed by atoms with E-state index >= 15 is 0 Å². The van der Waals surface area contributed by atoms with Crippen molar-refractivity contribution in [2.75, 3.05) is 7.11 Å². The highest BCUT2D eigenvalue weighted by Gasteiger charge is 2.35. The van der Waals surface area contributed by atoms with E-state index in [4.69, 9.17) is 25.5 Å². The lowest BCUT2D eigenvalue weighted by molar-refractivity contribution is -0.143. The zero-order valence-corrected chi connectivity index (χ0v) is 26.6. The molecule has 4 aromatic rings. The Morgan fingerprint density at radius 2 is 2.05 bits per heavy atom. The number of ether oxygens (including phenoxy) is 2. The van der Waals surface area contributed by atoms with Crippen LogP contribution in [0.25, 0.3) is 6.08 Å². The van der Waals surface area contributed by atoms with Gasteiger partial charge in [0.2, 0.25) is 0 Å². The molecule has 9 nitrogen and oxygen atoms in total. The van der Waals surface area contributed by atoms with E-state index in [0.29, 0.717) is 51.8 Å². The Morgan fingerprint density at radius 1 is 1.27 bits per heavy atom. The fourth-order valence-corrected chi connectivity index (χ4v) is 6.79. The maximum atomic E-state index is 14.0. The summed E-state index contributed by atoms with van der Waals surface area (Å²) < 4.78 is 19.7. The Hall–Kier alpha value is -3.19. The van der Waals surface area contributed by atoms with Gasteiger partial charge >= 0.3 is 5.97 Å². The molecule has 1 aliphatic rings. The summed E-state index contributed by atoms with van der Waals surface area (Å²) in [4.78, 5) is 41.0. The third kappa shape index (κ3) is 6.06. The summed E-state index contributed by atoms with van der Waals surface area (Å²) in [6, 6.07) is 7.78. The van der Waals surface area contributed by atoms with Crippen LogP contribution in [0.2, 0.25) is 5.02 Å². The third-order valence-corrected chi connectivity index (χ3v) is 8.91. The maximum absolute atomic E-state index is 14.0. The van der Waals surface area contributed by atoms with Gasteiger partial charge in [-0.2, -0.15) is 0 Å². The normalized spacial score (nSPS) is 15.2. The number of halogens is 2. The number of carbonyl (C=O) groups excluding carboxylic acids is 1. The van der Waals surface area contributed by atoms with Crippen LogP contribution in [0.1, 0.15) is 43.8 Å². The van der Waals surface area contributed by atoms with E-state index in [9.17, 15) is 9.59 Å². The summed E-state index contributed by atoms with van der Waals surface area (Å²) in [6.07, 6.45) is 2.96. The number of fused-ring (bicyclic) bond motifs is 1. The molecule has 4 heterocycles. The van der Waals surface area contributed by atoms with Crippen LogP contribution in [0.15, 0.2) is 76.7 Å². The third-order valence-electron chi connectivity index (χ3n) is 5.98. The van der Waals surface area contributed by atoms with Crippen LogP contribution >= 0.6 is 50.6 Å². The minimum absolute atomic E-state index is 0.232. The summed E-state index contributed by atoms with van der Waals surface area (Å²) in [5, 5.41) is 1.51. The SMILES string of the molecule is COc1ccc(Cl)cc1[C@H]1C(C(=O)OC(C)C)=C(C)N=c2s/c(=C\c3cc(Br)c(Sc4nccc(C)n4)o3)c(=O)n21. The van der Waals surface area contributed by atoms with Gasteiger partial charge in [-0.1, -0.05) is 22.9 Å². The van der Waals surface area contributed by atoms with Crippen molar-refractivity contribution in [1.29, 1.82) is 0 Å². The number of hydrogen-bond acceptors (Lipinski definition) is 10. The van der Waals surface area contributed by atoms with Gasteiger partial charge in [-0.05, 0) is 85.7 Å². The molecule has 0 spiro atoms. The number of methoxy groups -OCH3 is 1. The second-order valence-electron chi connectivity index (χ2n) is 9.29. The van der Waals surface area contributed by atoms with Crippen molar-refractivity contribution in [2.45, 2.75) is 50.1 Å². The second kappa shape index (κ2) is 12.0. The Labute approximate surface area is 256 Å². The van der Waals surface area contributed by atoms with Crippen LogP contribution in [0.5, 0.6) is 5.75 Å². The lowest BCUT2D eigenvalue weighted by Gasteiger charge is -2.26. The van der Waals surface area contributed by atoms with Crippen molar-refractivity contribution in [3.63, 3.8) is 0 Å². The topological polar surface area (TPSA) is 109 Å². The van der Waals surface area contributed by atoms with E-state index in [1.165, 1.54) is 34.8 Å². The predicted molar refractivity (Wildman–Crippen MR) is 160 cm³/mol. The molecule has 0 radical (unpaired) electrons. The van der Waals surface area contributed by atoms with Gasteiger partial charge in [-0.25, -0.2) is 19.8 Å². The molecule has 0 saturated heterocycles. The molecule has 13 heteroatoms. The van der Waals surface area contributed by atoms with Crippen molar-refractivity contribution >= 4 is 62.7 Å². The van der Waals surface area contributed by atoms with Gasteiger partial charge in [0, 0.05) is 28.6 Å². The molecule has 41 heavy (non-hydrogen) atoms. The Bertz CT molecular complexity index is 1880. The summed E-state index contributed by atoms with van der Waals surface area (Å²) in [5.41, 5.74) is 1.69. The Kier molecular flexibility index (Phi) is 8.55. The molecule has 1 atom stereocenters. The van der Waals surface area contributed by atoms with Crippen molar-refractivity contribution in [1.82, 2.24) is 14.5 Å². The van der Waals surface area contributed by atoms with E-state index < -0.39 is 12.0 Å². The van der Waals surface area contributed by atoms with E-state index in [1.807, 2.05) is 13.0 Å². The van der Waals surface area contributed by atoms with E-state index in [-0.39, 0.29) is 17.2 Å². The second-order valence-corrected chi connectivity index (χ2v) is 12.5. The van der Waals surface area contributed by atoms with Crippen LogP contribution in [-0.4, -0.2) is 33.7 Å². The van der Waals surface area contributed by atoms with E-state index in [0.717, 1.165) is 5.69 Å². The lowest BCUT2D eigenvalue weighted by Crippen LogP contribution is -2.40. The monoisotopic (exact) mass is 674 g/mol. The number of rotatable bonds is 7. The van der Waals surface area contributed by atoms with Gasteiger partial charge in [0.15, 0.2) is 15.1 Å². The molecule has 0 bridgehead atoms. The molecule has 0 unspecified atom stereocenters. The largest absolute Gasteiger partial charge is 0.496 e. The van der Waals surface area contributed by atoms with Crippen LogP contribution in [-0.2, 0) is 9.53 Å². The highest BCUT2D eigenvalue weighted by molar-refractivity contribution is 9.10. The Balaban J connectivity index is 1.64. The first kappa shape index (κ1) is 29.3. The number of carbonyl (C=O) groups is 1. The Morgan fingerprint density at radius 3 is 2.76 bits per heavy atom. The summed E-state index contributed by atoms with van der Waals surface area (Å²) in [6.45, 7) is 7.13. The number of allylic oxidation sites excluding steroid dienone is 1. The molecular formula is C28H24BrClN4O5S2. The predicted octanol–water partition coefficient (Wildman–Crippen LogP) is 5.45. The van der Waals surface area contributed by atoms with Gasteiger partial charge in [0.05, 0.1) is 33.5 Å². The van der Waals surface area contributed by atoms with Crippen LogP contribution in [0, 0.1) is 6.92 Å². The van der Waals surface area contributed by atoms with Gasteiger partial charge in [-0.3, -0.25) is 9.36 Å². The molecule has 0 N–H and O–H groups in total. The van der Waals surface area contributed by atoms with E-state index in [1.54, 1.807) is 57.3 Å². The molecule has 0 aliphatic carbocycles. The first-order valence-electron chi connectivity index (χ1n) is 12.4. The number of esters is 1. The molecule has 212 valence electrons. The quantitative estimate of drug-likeness (QED) is 0.188. The van der Waals surface area contributed by atoms with Gasteiger partial charge in [0.25, 0.3) is 5.56 Å². The van der Waals surface area contributed by atoms with Crippen molar-refractivity contribution < 1.29 is 18.7 Å². The highest BCUT2D eigenvalue weighted by Crippen LogP contribution is 2.38. The number of hydrogen-bond donors (Lipinski definition) is 0. The van der Waals surface area contributed by atoms with Crippen molar-refractivity contribution in [3.05, 3.63) is 94.0 Å². The van der Waals surface area contributed by atoms with Crippen LogP contribution < -0.4 is 19.6 Å². The fourth-order valence-electron chi connectivity index (χ4n) is 4.27. The molecule has 0 amide bonds. The molecule has 0 fully saturated rings. The zero-order valence-electron chi connectivity index (χ0n) is 22.6. The average Bonchev–Trinajstić information content (AvgIpc) is 3.40. The van der Waals surface area contributed by atoms with Crippen molar-refractivity contribution in [3.8, 4) is 5.75 Å². The molecule has 0 saturated carbocycles. The van der Waals surface area contributed by atoms with Crippen LogP contribution in [0.4, 0.5) is 0 Å². The van der Waals surface area contributed by atoms with Gasteiger partial charge < -0.3 is 13.9 Å².